The summed E-state index contributed by atoms with van der Waals surface area (Å²) in [6.45, 7) is -1.70. The van der Waals surface area contributed by atoms with Crippen LogP contribution in [0.4, 0.5) is 17.6 Å². The molecule has 0 unspecified atom stereocenters. The Morgan fingerprint density at radius 3 is 2.40 bits per heavy atom. The number of nitrogens with zero attached hydrogens (tertiary/aromatic N) is 2. The van der Waals surface area contributed by atoms with Crippen LogP contribution >= 0.6 is 0 Å². The summed E-state index contributed by atoms with van der Waals surface area (Å²) in [5, 5.41) is 7.27. The van der Waals surface area contributed by atoms with Crippen molar-refractivity contribution in [1.82, 2.24) is 15.2 Å². The lowest BCUT2D eigenvalue weighted by atomic mass is 10.0. The van der Waals surface area contributed by atoms with Gasteiger partial charge in [-0.2, -0.15) is 18.3 Å². The summed E-state index contributed by atoms with van der Waals surface area (Å²) in [5.74, 6) is -2.07. The molecule has 0 aliphatic rings. The first-order valence-electron chi connectivity index (χ1n) is 10.2. The molecule has 7 nitrogen and oxygen atoms in total. The van der Waals surface area contributed by atoms with Crippen LogP contribution in [-0.4, -0.2) is 42.2 Å². The summed E-state index contributed by atoms with van der Waals surface area (Å²) in [4.78, 5) is 16.0. The average molecular weight is 507 g/mol. The monoisotopic (exact) mass is 507 g/mol. The summed E-state index contributed by atoms with van der Waals surface area (Å²) in [7, 11) is -4.13. The number of H-pyrrole nitrogens is 1. The van der Waals surface area contributed by atoms with Crippen LogP contribution in [0.1, 0.15) is 22.3 Å². The van der Waals surface area contributed by atoms with Gasteiger partial charge in [0.15, 0.2) is 29.6 Å². The van der Waals surface area contributed by atoms with E-state index in [2.05, 4.69) is 19.9 Å². The topological polar surface area (TPSA) is 102 Å². The van der Waals surface area contributed by atoms with Crippen molar-refractivity contribution in [2.45, 2.75) is 28.8 Å². The number of aromatic nitrogens is 3. The van der Waals surface area contributed by atoms with Crippen molar-refractivity contribution >= 4 is 26.7 Å². The summed E-state index contributed by atoms with van der Waals surface area (Å²) in [6, 6.07) is 9.82. The maximum atomic E-state index is 14.1. The number of Topliss-reactive ketones (excluding diaryl/α,β-unsaturated/α-hetero) is 1. The maximum absolute atomic E-state index is 14.1. The quantitative estimate of drug-likeness (QED) is 0.274. The van der Waals surface area contributed by atoms with E-state index in [4.69, 9.17) is 0 Å². The summed E-state index contributed by atoms with van der Waals surface area (Å²) < 4.78 is 80.9. The predicted octanol–water partition coefficient (Wildman–Crippen LogP) is 4.69. The molecule has 0 fully saturated rings. The fraction of sp³-hybridized carbons (Fsp3) is 0.174. The minimum Gasteiger partial charge on any atom is -0.481 e. The molecule has 4 aromatic rings. The van der Waals surface area contributed by atoms with Crippen molar-refractivity contribution in [2.24, 2.45) is 0 Å². The third-order valence-corrected chi connectivity index (χ3v) is 6.86. The summed E-state index contributed by atoms with van der Waals surface area (Å²) in [6.07, 6.45) is -1.12. The molecule has 0 aliphatic carbocycles. The molecule has 2 aromatic carbocycles. The van der Waals surface area contributed by atoms with Crippen LogP contribution < -0.4 is 4.74 Å². The molecule has 1 N–H and O–H groups in total. The second-order valence-electron chi connectivity index (χ2n) is 7.60. The highest BCUT2D eigenvalue weighted by Gasteiger charge is 2.29. The molecule has 2 aromatic heterocycles. The fourth-order valence-corrected chi connectivity index (χ4v) is 4.56. The zero-order valence-corrected chi connectivity index (χ0v) is 18.7. The number of sulfone groups is 1. The lowest BCUT2D eigenvalue weighted by molar-refractivity contribution is -0.153. The van der Waals surface area contributed by atoms with E-state index in [0.717, 1.165) is 12.1 Å². The Morgan fingerprint density at radius 1 is 1.00 bits per heavy atom. The zero-order valence-electron chi connectivity index (χ0n) is 17.8. The molecular weight excluding hydrogens is 490 g/mol. The maximum Gasteiger partial charge on any atom is 0.422 e. The van der Waals surface area contributed by atoms with Crippen molar-refractivity contribution in [3.8, 4) is 5.75 Å². The molecule has 182 valence electrons. The average Bonchev–Trinajstić information content (AvgIpc) is 3.29. The van der Waals surface area contributed by atoms with Crippen molar-refractivity contribution in [3.63, 3.8) is 0 Å². The van der Waals surface area contributed by atoms with E-state index in [1.54, 1.807) is 12.3 Å². The Kier molecular flexibility index (Phi) is 6.57. The number of halogens is 4. The zero-order chi connectivity index (χ0) is 25.2. The van der Waals surface area contributed by atoms with Crippen molar-refractivity contribution in [1.29, 1.82) is 0 Å². The van der Waals surface area contributed by atoms with Gasteiger partial charge in [0.1, 0.15) is 0 Å². The number of aryl methyl sites for hydroxylation is 1. The van der Waals surface area contributed by atoms with Gasteiger partial charge in [-0.25, -0.2) is 17.8 Å². The van der Waals surface area contributed by atoms with E-state index in [-0.39, 0.29) is 17.1 Å². The van der Waals surface area contributed by atoms with Crippen LogP contribution in [0.2, 0.25) is 0 Å². The van der Waals surface area contributed by atoms with Crippen LogP contribution in [0.15, 0.2) is 70.7 Å². The van der Waals surface area contributed by atoms with Crippen LogP contribution in [0.3, 0.4) is 0 Å². The SMILES string of the molecule is O=C(CCc1ccc(S(=O)(=O)c2ccc(OCC(F)(F)F)c(F)c2)cc1)c1cnc2[nH]ncc2c1. The molecule has 0 amide bonds. The highest BCUT2D eigenvalue weighted by molar-refractivity contribution is 7.91. The highest BCUT2D eigenvalue weighted by atomic mass is 32.2. The Bertz CT molecular complexity index is 1480. The van der Waals surface area contributed by atoms with Gasteiger partial charge in [-0.05, 0) is 48.4 Å². The van der Waals surface area contributed by atoms with E-state index < -0.39 is 39.1 Å². The van der Waals surface area contributed by atoms with Gasteiger partial charge in [-0.15, -0.1) is 0 Å². The molecule has 0 radical (unpaired) electrons. The number of carbonyl (C=O) groups is 1. The van der Waals surface area contributed by atoms with E-state index >= 15 is 0 Å². The molecule has 0 saturated carbocycles. The highest BCUT2D eigenvalue weighted by Crippen LogP contribution is 2.27. The fourth-order valence-electron chi connectivity index (χ4n) is 3.29. The number of hydrogen-bond donors (Lipinski definition) is 1. The van der Waals surface area contributed by atoms with E-state index in [1.165, 1.54) is 30.5 Å². The second kappa shape index (κ2) is 9.45. The minimum atomic E-state index is -4.66. The number of ether oxygens (including phenoxy) is 1. The van der Waals surface area contributed by atoms with Gasteiger partial charge < -0.3 is 4.74 Å². The standard InChI is InChI=1S/C23H17F4N3O4S/c24-19-10-18(6-8-21(19)34-13-23(25,26)27)35(32,33)17-4-1-14(2-5-17)3-7-20(31)15-9-16-12-29-30-22(16)28-11-15/h1-2,4-6,8-12H,3,7,13H2,(H,28,29,30). The lowest BCUT2D eigenvalue weighted by Crippen LogP contribution is -2.19. The van der Waals surface area contributed by atoms with Crippen LogP contribution in [0, 0.1) is 5.82 Å². The van der Waals surface area contributed by atoms with Gasteiger partial charge in [0.2, 0.25) is 9.84 Å². The lowest BCUT2D eigenvalue weighted by Gasteiger charge is -2.11. The first kappa shape index (κ1) is 24.3. The van der Waals surface area contributed by atoms with Gasteiger partial charge in [0, 0.05) is 23.6 Å². The number of ketones is 1. The van der Waals surface area contributed by atoms with Gasteiger partial charge in [0.25, 0.3) is 0 Å². The van der Waals surface area contributed by atoms with Gasteiger partial charge in [0.05, 0.1) is 16.0 Å². The second-order valence-corrected chi connectivity index (χ2v) is 9.55. The summed E-state index contributed by atoms with van der Waals surface area (Å²) >= 11 is 0. The number of fused-ring (bicyclic) bond motifs is 1. The van der Waals surface area contributed by atoms with E-state index in [9.17, 15) is 30.8 Å². The Balaban J connectivity index is 1.42. The van der Waals surface area contributed by atoms with E-state index in [1.807, 2.05) is 0 Å². The first-order chi connectivity index (χ1) is 16.5. The molecule has 12 heteroatoms. The third kappa shape index (κ3) is 5.65. The molecule has 0 spiro atoms. The van der Waals surface area contributed by atoms with Crippen molar-refractivity contribution in [3.05, 3.63) is 77.9 Å². The number of benzene rings is 2. The Hall–Kier alpha value is -3.80. The molecule has 2 heterocycles. The number of nitrogens with one attached hydrogen (secondary N) is 1. The van der Waals surface area contributed by atoms with Gasteiger partial charge >= 0.3 is 6.18 Å². The van der Waals surface area contributed by atoms with Crippen LogP contribution in [-0.2, 0) is 16.3 Å². The molecule has 0 saturated heterocycles. The number of pyridine rings is 1. The molecule has 0 bridgehead atoms. The Labute approximate surface area is 196 Å². The molecular formula is C23H17F4N3O4S. The normalized spacial score (nSPS) is 12.1. The van der Waals surface area contributed by atoms with Crippen molar-refractivity contribution in [2.75, 3.05) is 6.61 Å². The van der Waals surface area contributed by atoms with Crippen molar-refractivity contribution < 1.29 is 35.5 Å². The summed E-state index contributed by atoms with van der Waals surface area (Å²) in [5.41, 5.74) is 1.71. The number of aromatic amines is 1. The predicted molar refractivity (Wildman–Crippen MR) is 116 cm³/mol. The van der Waals surface area contributed by atoms with Gasteiger partial charge in [-0.3, -0.25) is 9.89 Å². The first-order valence-corrected chi connectivity index (χ1v) is 11.7. The number of alkyl halides is 3. The molecule has 0 atom stereocenters. The largest absolute Gasteiger partial charge is 0.481 e. The van der Waals surface area contributed by atoms with Gasteiger partial charge in [-0.1, -0.05) is 12.1 Å². The van der Waals surface area contributed by atoms with E-state index in [0.29, 0.717) is 34.6 Å². The Morgan fingerprint density at radius 2 is 1.71 bits per heavy atom. The molecule has 0 aliphatic heterocycles. The third-order valence-electron chi connectivity index (χ3n) is 5.09. The van der Waals surface area contributed by atoms with Crippen LogP contribution in [0.25, 0.3) is 11.0 Å². The minimum absolute atomic E-state index is 0.134. The number of rotatable bonds is 8. The number of carbonyl (C=O) groups excluding carboxylic acids is 1. The van der Waals surface area contributed by atoms with Crippen LogP contribution in [0.5, 0.6) is 5.75 Å². The molecule has 35 heavy (non-hydrogen) atoms. The molecule has 4 rings (SSSR count). The number of hydrogen-bond acceptors (Lipinski definition) is 6. The smallest absolute Gasteiger partial charge is 0.422 e.